The molecule has 1 aliphatic carbocycles. The zero-order valence-electron chi connectivity index (χ0n) is 10.7. The summed E-state index contributed by atoms with van der Waals surface area (Å²) < 4.78 is 0. The third kappa shape index (κ3) is 3.21. The predicted octanol–water partition coefficient (Wildman–Crippen LogP) is 2.20. The van der Waals surface area contributed by atoms with Crippen molar-refractivity contribution in [3.63, 3.8) is 0 Å². The van der Waals surface area contributed by atoms with Crippen molar-refractivity contribution in [2.24, 2.45) is 11.1 Å². The Morgan fingerprint density at radius 2 is 2.12 bits per heavy atom. The van der Waals surface area contributed by atoms with Gasteiger partial charge in [0, 0.05) is 12.6 Å². The van der Waals surface area contributed by atoms with Crippen molar-refractivity contribution >= 4 is 5.91 Å². The van der Waals surface area contributed by atoms with Gasteiger partial charge in [0.2, 0.25) is 5.91 Å². The number of rotatable bonds is 7. The van der Waals surface area contributed by atoms with Gasteiger partial charge in [-0.1, -0.05) is 32.6 Å². The first kappa shape index (κ1) is 13.5. The summed E-state index contributed by atoms with van der Waals surface area (Å²) in [6.07, 6.45) is 7.85. The third-order valence-corrected chi connectivity index (χ3v) is 3.80. The maximum atomic E-state index is 12.0. The van der Waals surface area contributed by atoms with Crippen molar-refractivity contribution in [3.05, 3.63) is 0 Å². The first-order valence-electron chi connectivity index (χ1n) is 6.65. The Balaban J connectivity index is 2.27. The highest BCUT2D eigenvalue weighted by Gasteiger charge is 2.42. The molecule has 0 aromatic carbocycles. The molecule has 0 spiro atoms. The molecule has 3 nitrogen and oxygen atoms in total. The first-order chi connectivity index (χ1) is 7.64. The molecule has 0 aliphatic heterocycles. The minimum atomic E-state index is -0.223. The lowest BCUT2D eigenvalue weighted by molar-refractivity contribution is -0.135. The van der Waals surface area contributed by atoms with E-state index >= 15 is 0 Å². The molecule has 0 radical (unpaired) electrons. The number of amides is 1. The van der Waals surface area contributed by atoms with Gasteiger partial charge in [0.1, 0.15) is 0 Å². The quantitative estimate of drug-likeness (QED) is 0.654. The number of hydrogen-bond acceptors (Lipinski definition) is 2. The third-order valence-electron chi connectivity index (χ3n) is 3.80. The molecule has 3 N–H and O–H groups in total. The predicted molar refractivity (Wildman–Crippen MR) is 67.1 cm³/mol. The molecule has 1 atom stereocenters. The lowest BCUT2D eigenvalue weighted by Crippen LogP contribution is -2.52. The van der Waals surface area contributed by atoms with Gasteiger partial charge in [0.05, 0.1) is 5.41 Å². The van der Waals surface area contributed by atoms with Gasteiger partial charge in [-0.2, -0.15) is 0 Å². The van der Waals surface area contributed by atoms with Crippen molar-refractivity contribution in [1.29, 1.82) is 0 Å². The minimum Gasteiger partial charge on any atom is -0.353 e. The molecule has 0 aromatic heterocycles. The van der Waals surface area contributed by atoms with Gasteiger partial charge in [-0.15, -0.1) is 0 Å². The van der Waals surface area contributed by atoms with Crippen molar-refractivity contribution in [1.82, 2.24) is 5.32 Å². The Bertz CT molecular complexity index is 218. The Kier molecular flexibility index (Phi) is 5.26. The fraction of sp³-hybridized carbons (Fsp3) is 0.923. The molecule has 0 bridgehead atoms. The van der Waals surface area contributed by atoms with E-state index in [4.69, 9.17) is 5.73 Å². The van der Waals surface area contributed by atoms with Crippen LogP contribution in [-0.4, -0.2) is 18.5 Å². The molecular weight excluding hydrogens is 200 g/mol. The molecule has 0 saturated heterocycles. The maximum absolute atomic E-state index is 12.0. The van der Waals surface area contributed by atoms with Crippen molar-refractivity contribution < 1.29 is 4.79 Å². The lowest BCUT2D eigenvalue weighted by atomic mass is 9.68. The van der Waals surface area contributed by atoms with Crippen LogP contribution in [0.15, 0.2) is 0 Å². The van der Waals surface area contributed by atoms with E-state index < -0.39 is 0 Å². The number of carbonyl (C=O) groups excluding carboxylic acids is 1. The molecule has 3 heteroatoms. The second-order valence-corrected chi connectivity index (χ2v) is 5.21. The zero-order valence-corrected chi connectivity index (χ0v) is 10.7. The van der Waals surface area contributed by atoms with Gasteiger partial charge >= 0.3 is 0 Å². The number of nitrogens with two attached hydrogens (primary N) is 1. The zero-order chi connectivity index (χ0) is 12.0. The van der Waals surface area contributed by atoms with E-state index in [0.717, 1.165) is 25.7 Å². The summed E-state index contributed by atoms with van der Waals surface area (Å²) in [4.78, 5) is 12.0. The summed E-state index contributed by atoms with van der Waals surface area (Å²) in [5.41, 5.74) is 5.48. The van der Waals surface area contributed by atoms with Crippen LogP contribution in [-0.2, 0) is 4.79 Å². The topological polar surface area (TPSA) is 55.1 Å². The van der Waals surface area contributed by atoms with Gasteiger partial charge in [-0.25, -0.2) is 0 Å². The molecule has 1 unspecified atom stereocenters. The van der Waals surface area contributed by atoms with Crippen molar-refractivity contribution in [2.45, 2.75) is 64.8 Å². The summed E-state index contributed by atoms with van der Waals surface area (Å²) in [6, 6.07) is 0.295. The molecule has 0 aromatic rings. The lowest BCUT2D eigenvalue weighted by Gasteiger charge is -2.39. The standard InChI is InChI=1S/C13H26N2O/c1-3-4-5-7-11(2)15-12(16)13(10-14)8-6-9-13/h11H,3-10,14H2,1-2H3,(H,15,16). The van der Waals surface area contributed by atoms with Crippen molar-refractivity contribution in [3.8, 4) is 0 Å². The van der Waals surface area contributed by atoms with Crippen LogP contribution in [0.2, 0.25) is 0 Å². The highest BCUT2D eigenvalue weighted by Crippen LogP contribution is 2.40. The first-order valence-corrected chi connectivity index (χ1v) is 6.65. The Hall–Kier alpha value is -0.570. The van der Waals surface area contributed by atoms with E-state index in [2.05, 4.69) is 19.2 Å². The van der Waals surface area contributed by atoms with E-state index in [-0.39, 0.29) is 11.3 Å². The molecule has 1 amide bonds. The Labute approximate surface area is 99.2 Å². The second-order valence-electron chi connectivity index (χ2n) is 5.21. The van der Waals surface area contributed by atoms with E-state index in [0.29, 0.717) is 12.6 Å². The number of carbonyl (C=O) groups is 1. The van der Waals surface area contributed by atoms with E-state index in [1.54, 1.807) is 0 Å². The van der Waals surface area contributed by atoms with Crippen LogP contribution in [0.25, 0.3) is 0 Å². The molecule has 0 heterocycles. The van der Waals surface area contributed by atoms with Crippen LogP contribution in [0, 0.1) is 5.41 Å². The fourth-order valence-corrected chi connectivity index (χ4v) is 2.28. The summed E-state index contributed by atoms with van der Waals surface area (Å²) in [5.74, 6) is 0.185. The van der Waals surface area contributed by atoms with Crippen LogP contribution in [0.4, 0.5) is 0 Å². The van der Waals surface area contributed by atoms with Crippen LogP contribution >= 0.6 is 0 Å². The van der Waals surface area contributed by atoms with Gasteiger partial charge in [-0.3, -0.25) is 4.79 Å². The number of nitrogens with one attached hydrogen (secondary N) is 1. The van der Waals surface area contributed by atoms with Crippen molar-refractivity contribution in [2.75, 3.05) is 6.54 Å². The molecular formula is C13H26N2O. The number of unbranched alkanes of at least 4 members (excludes halogenated alkanes) is 2. The normalized spacial score (nSPS) is 19.9. The highest BCUT2D eigenvalue weighted by molar-refractivity contribution is 5.84. The largest absolute Gasteiger partial charge is 0.353 e. The average molecular weight is 226 g/mol. The van der Waals surface area contributed by atoms with Crippen LogP contribution in [0.5, 0.6) is 0 Å². The van der Waals surface area contributed by atoms with Gasteiger partial charge in [-0.05, 0) is 26.2 Å². The smallest absolute Gasteiger partial charge is 0.227 e. The monoisotopic (exact) mass is 226 g/mol. The maximum Gasteiger partial charge on any atom is 0.227 e. The van der Waals surface area contributed by atoms with E-state index in [1.165, 1.54) is 19.3 Å². The summed E-state index contributed by atoms with van der Waals surface area (Å²) in [7, 11) is 0. The van der Waals surface area contributed by atoms with Crippen LogP contribution < -0.4 is 11.1 Å². The van der Waals surface area contributed by atoms with Gasteiger partial charge in [0.15, 0.2) is 0 Å². The van der Waals surface area contributed by atoms with Crippen LogP contribution in [0.3, 0.4) is 0 Å². The molecule has 1 saturated carbocycles. The minimum absolute atomic E-state index is 0.185. The molecule has 1 aliphatic rings. The summed E-state index contributed by atoms with van der Waals surface area (Å²) >= 11 is 0. The van der Waals surface area contributed by atoms with Crippen LogP contribution in [0.1, 0.15) is 58.8 Å². The highest BCUT2D eigenvalue weighted by atomic mass is 16.2. The van der Waals surface area contributed by atoms with Gasteiger partial charge in [0.25, 0.3) is 0 Å². The fourth-order valence-electron chi connectivity index (χ4n) is 2.28. The molecule has 1 rings (SSSR count). The Morgan fingerprint density at radius 1 is 1.44 bits per heavy atom. The average Bonchev–Trinajstić information content (AvgIpc) is 2.17. The second kappa shape index (κ2) is 6.24. The Morgan fingerprint density at radius 3 is 2.56 bits per heavy atom. The van der Waals surface area contributed by atoms with Gasteiger partial charge < -0.3 is 11.1 Å². The summed E-state index contributed by atoms with van der Waals surface area (Å²) in [6.45, 7) is 4.79. The molecule has 1 fully saturated rings. The van der Waals surface area contributed by atoms with E-state index in [9.17, 15) is 4.79 Å². The SMILES string of the molecule is CCCCCC(C)NC(=O)C1(CN)CCC1. The molecule has 16 heavy (non-hydrogen) atoms. The molecule has 94 valence electrons. The summed E-state index contributed by atoms with van der Waals surface area (Å²) in [5, 5.41) is 3.11. The van der Waals surface area contributed by atoms with E-state index in [1.807, 2.05) is 0 Å². The number of hydrogen-bond donors (Lipinski definition) is 2.